The van der Waals surface area contributed by atoms with Gasteiger partial charge in [-0.2, -0.15) is 18.2 Å². The first-order chi connectivity index (χ1) is 18.4. The van der Waals surface area contributed by atoms with Crippen molar-refractivity contribution in [3.63, 3.8) is 0 Å². The molecule has 1 amide bonds. The van der Waals surface area contributed by atoms with E-state index in [1.54, 1.807) is 34.6 Å². The number of fused-ring (bicyclic) bond motifs is 1. The average Bonchev–Trinajstić information content (AvgIpc) is 3.09. The predicted molar refractivity (Wildman–Crippen MR) is 131 cm³/mol. The Bertz CT molecular complexity index is 1470. The lowest BCUT2D eigenvalue weighted by Crippen LogP contribution is -2.47. The summed E-state index contributed by atoms with van der Waals surface area (Å²) in [7, 11) is 0. The van der Waals surface area contributed by atoms with Gasteiger partial charge in [0.2, 0.25) is 5.88 Å². The largest absolute Gasteiger partial charge is 0.473 e. The van der Waals surface area contributed by atoms with Crippen LogP contribution in [0.4, 0.5) is 32.6 Å². The molecule has 0 saturated heterocycles. The molecule has 0 saturated carbocycles. The highest BCUT2D eigenvalue weighted by Crippen LogP contribution is 2.35. The molecular formula is C26H25F5N4O5. The minimum atomic E-state index is -4.68. The highest BCUT2D eigenvalue weighted by atomic mass is 19.4. The predicted octanol–water partition coefficient (Wildman–Crippen LogP) is 5.84. The first kappa shape index (κ1) is 28.8. The van der Waals surface area contributed by atoms with Crippen molar-refractivity contribution in [2.45, 2.75) is 65.1 Å². The van der Waals surface area contributed by atoms with Gasteiger partial charge >= 0.3 is 18.0 Å². The number of aromatic nitrogens is 3. The molecule has 3 aromatic rings. The third kappa shape index (κ3) is 6.15. The molecule has 0 N–H and O–H groups in total. The van der Waals surface area contributed by atoms with E-state index in [1.807, 2.05) is 0 Å². The molecule has 214 valence electrons. The molecule has 3 heterocycles. The van der Waals surface area contributed by atoms with Crippen molar-refractivity contribution < 1.29 is 41.0 Å². The molecule has 0 atom stereocenters. The summed E-state index contributed by atoms with van der Waals surface area (Å²) in [4.78, 5) is 33.9. The van der Waals surface area contributed by atoms with E-state index in [2.05, 4.69) is 9.97 Å². The zero-order chi connectivity index (χ0) is 29.6. The smallest absolute Gasteiger partial charge is 0.433 e. The van der Waals surface area contributed by atoms with Crippen LogP contribution in [0.3, 0.4) is 0 Å². The van der Waals surface area contributed by atoms with Crippen molar-refractivity contribution in [2.24, 2.45) is 0 Å². The fourth-order valence-corrected chi connectivity index (χ4v) is 3.97. The van der Waals surface area contributed by atoms with Crippen molar-refractivity contribution >= 4 is 11.9 Å². The van der Waals surface area contributed by atoms with Crippen molar-refractivity contribution in [3.05, 3.63) is 69.9 Å². The lowest BCUT2D eigenvalue weighted by atomic mass is 10.1. The molecule has 40 heavy (non-hydrogen) atoms. The third-order valence-electron chi connectivity index (χ3n) is 5.61. The summed E-state index contributed by atoms with van der Waals surface area (Å²) in [6.07, 6.45) is -4.66. The number of pyridine rings is 1. The van der Waals surface area contributed by atoms with Gasteiger partial charge in [-0.3, -0.25) is 9.47 Å². The molecule has 4 rings (SSSR count). The molecule has 1 aliphatic rings. The molecular weight excluding hydrogens is 543 g/mol. The van der Waals surface area contributed by atoms with Gasteiger partial charge in [0.1, 0.15) is 29.5 Å². The number of benzene rings is 1. The second-order valence-electron chi connectivity index (χ2n) is 10.6. The summed E-state index contributed by atoms with van der Waals surface area (Å²) in [5.74, 6) is -3.49. The molecule has 9 nitrogen and oxygen atoms in total. The second kappa shape index (κ2) is 10.1. The molecule has 1 aliphatic heterocycles. The van der Waals surface area contributed by atoms with Crippen LogP contribution in [0.2, 0.25) is 0 Å². The molecule has 2 aromatic heterocycles. The first-order valence-corrected chi connectivity index (χ1v) is 11.9. The number of alkyl halides is 3. The Labute approximate surface area is 225 Å². The minimum absolute atomic E-state index is 0.000349. The molecule has 0 radical (unpaired) electrons. The van der Waals surface area contributed by atoms with Crippen LogP contribution < -0.4 is 20.1 Å². The number of carbonyl (C=O) groups excluding carboxylic acids is 1. The van der Waals surface area contributed by atoms with Gasteiger partial charge in [0.05, 0.1) is 18.3 Å². The van der Waals surface area contributed by atoms with Gasteiger partial charge in [-0.05, 0) is 64.4 Å². The maximum Gasteiger partial charge on any atom is 0.433 e. The van der Waals surface area contributed by atoms with E-state index in [9.17, 15) is 31.5 Å². The summed E-state index contributed by atoms with van der Waals surface area (Å²) in [6, 6.07) is 4.64. The van der Waals surface area contributed by atoms with Gasteiger partial charge in [-0.1, -0.05) is 0 Å². The van der Waals surface area contributed by atoms with Crippen LogP contribution in [0.15, 0.2) is 41.3 Å². The van der Waals surface area contributed by atoms with Gasteiger partial charge in [-0.25, -0.2) is 23.4 Å². The van der Waals surface area contributed by atoms with Crippen molar-refractivity contribution in [2.75, 3.05) is 4.90 Å². The lowest BCUT2D eigenvalue weighted by molar-refractivity contribution is -0.141. The van der Waals surface area contributed by atoms with Gasteiger partial charge < -0.3 is 14.2 Å². The number of amides is 1. The summed E-state index contributed by atoms with van der Waals surface area (Å²) in [6.45, 7) is 8.35. The van der Waals surface area contributed by atoms with Crippen LogP contribution in [-0.4, -0.2) is 31.8 Å². The van der Waals surface area contributed by atoms with E-state index in [0.717, 1.165) is 18.2 Å². The van der Waals surface area contributed by atoms with E-state index in [0.29, 0.717) is 12.3 Å². The maximum atomic E-state index is 14.6. The van der Waals surface area contributed by atoms with Crippen molar-refractivity contribution in [1.29, 1.82) is 0 Å². The maximum absolute atomic E-state index is 14.6. The Balaban J connectivity index is 1.52. The third-order valence-corrected chi connectivity index (χ3v) is 5.61. The van der Waals surface area contributed by atoms with E-state index in [4.69, 9.17) is 14.2 Å². The van der Waals surface area contributed by atoms with Crippen LogP contribution in [0.1, 0.15) is 45.9 Å². The summed E-state index contributed by atoms with van der Waals surface area (Å²) >= 11 is 0. The molecule has 1 aromatic carbocycles. The molecule has 0 fully saturated rings. The van der Waals surface area contributed by atoms with Crippen LogP contribution >= 0.6 is 0 Å². The molecule has 0 unspecified atom stereocenters. The quantitative estimate of drug-likeness (QED) is 0.357. The van der Waals surface area contributed by atoms with Crippen LogP contribution in [0, 0.1) is 11.6 Å². The molecule has 0 spiro atoms. The van der Waals surface area contributed by atoms with Gasteiger partial charge in [0, 0.05) is 6.07 Å². The number of ether oxygens (including phenoxy) is 3. The van der Waals surface area contributed by atoms with Crippen LogP contribution in [0.25, 0.3) is 0 Å². The number of anilines is 1. The topological polar surface area (TPSA) is 95.8 Å². The second-order valence-corrected chi connectivity index (χ2v) is 10.6. The highest BCUT2D eigenvalue weighted by Gasteiger charge is 2.43. The van der Waals surface area contributed by atoms with Crippen LogP contribution in [-0.2, 0) is 24.1 Å². The fourth-order valence-electron chi connectivity index (χ4n) is 3.97. The molecule has 0 aliphatic carbocycles. The Morgan fingerprint density at radius 3 is 2.27 bits per heavy atom. The van der Waals surface area contributed by atoms with E-state index >= 15 is 0 Å². The zero-order valence-electron chi connectivity index (χ0n) is 22.1. The minimum Gasteiger partial charge on any atom is -0.473 e. The number of rotatable bonds is 5. The number of carbonyl (C=O) groups is 1. The summed E-state index contributed by atoms with van der Waals surface area (Å²) in [5.41, 5.74) is -3.50. The highest BCUT2D eigenvalue weighted by molar-refractivity contribution is 5.89. The van der Waals surface area contributed by atoms with Gasteiger partial charge in [0.15, 0.2) is 17.4 Å². The van der Waals surface area contributed by atoms with Crippen molar-refractivity contribution in [1.82, 2.24) is 14.5 Å². The van der Waals surface area contributed by atoms with E-state index in [1.165, 1.54) is 15.5 Å². The molecule has 14 heteroatoms. The van der Waals surface area contributed by atoms with Gasteiger partial charge in [0.25, 0.3) is 0 Å². The Morgan fingerprint density at radius 1 is 1.07 bits per heavy atom. The zero-order valence-corrected chi connectivity index (χ0v) is 22.1. The summed E-state index contributed by atoms with van der Waals surface area (Å²) < 4.78 is 84.6. The number of hydrogen-bond acceptors (Lipinski definition) is 7. The normalized spacial score (nSPS) is 14.6. The molecule has 0 bridgehead atoms. The number of hydrogen-bond donors (Lipinski definition) is 0. The Hall–Kier alpha value is -4.23. The average molecular weight is 568 g/mol. The van der Waals surface area contributed by atoms with E-state index < -0.39 is 58.8 Å². The fraction of sp³-hybridized carbons (Fsp3) is 0.385. The van der Waals surface area contributed by atoms with Crippen molar-refractivity contribution in [3.8, 4) is 17.4 Å². The number of nitrogens with zero attached hydrogens (tertiary/aromatic N) is 4. The van der Waals surface area contributed by atoms with Crippen LogP contribution in [0.5, 0.6) is 17.4 Å². The Morgan fingerprint density at radius 2 is 1.73 bits per heavy atom. The number of halogens is 5. The first-order valence-electron chi connectivity index (χ1n) is 11.9. The summed E-state index contributed by atoms with van der Waals surface area (Å²) in [5, 5.41) is 0. The lowest BCUT2D eigenvalue weighted by Gasteiger charge is -2.32. The van der Waals surface area contributed by atoms with Gasteiger partial charge in [-0.15, -0.1) is 0 Å². The standard InChI is InChI=1S/C26H25F5N4O5/c1-24(2,3)40-23(37)35-20-10-19(33-22(36)34(20)13-25(35,4)5)38-12-14-8-16(27)21(17(28)9-14)39-15-6-7-18(32-11-15)26(29,30)31/h6-11H,12-13H2,1-5H3. The van der Waals surface area contributed by atoms with E-state index in [-0.39, 0.29) is 29.6 Å². The Kier molecular flexibility index (Phi) is 7.24. The SMILES string of the molecule is CC(C)(C)OC(=O)N1c2cc(OCc3cc(F)c(Oc4ccc(C(F)(F)F)nc4)c(F)c3)nc(=O)n2CC1(C)C. The monoisotopic (exact) mass is 568 g/mol.